The van der Waals surface area contributed by atoms with Crippen LogP contribution < -0.4 is 4.74 Å². The van der Waals surface area contributed by atoms with Crippen LogP contribution in [0.25, 0.3) is 0 Å². The average molecular weight is 265 g/mol. The quantitative estimate of drug-likeness (QED) is 0.888. The molecule has 4 heteroatoms. The monoisotopic (exact) mass is 265 g/mol. The number of carbonyl (C=O) groups excluding carboxylic acids is 1. The molecule has 4 nitrogen and oxygen atoms in total. The minimum absolute atomic E-state index is 0.0164. The first kappa shape index (κ1) is 15.5. The van der Waals surface area contributed by atoms with Crippen LogP contribution in [0.1, 0.15) is 38.0 Å². The molecule has 0 aliphatic heterocycles. The summed E-state index contributed by atoms with van der Waals surface area (Å²) in [5, 5.41) is 9.72. The third kappa shape index (κ3) is 4.24. The van der Waals surface area contributed by atoms with Crippen molar-refractivity contribution in [3.05, 3.63) is 29.3 Å². The molecule has 1 aromatic carbocycles. The Bertz CT molecular complexity index is 441. The van der Waals surface area contributed by atoms with Crippen LogP contribution in [0, 0.1) is 6.92 Å². The van der Waals surface area contributed by atoms with E-state index in [2.05, 4.69) is 0 Å². The normalized spacial score (nSPS) is 12.4. The van der Waals surface area contributed by atoms with Gasteiger partial charge in [-0.1, -0.05) is 11.6 Å². The van der Waals surface area contributed by atoms with Crippen molar-refractivity contribution in [1.29, 1.82) is 0 Å². The van der Waals surface area contributed by atoms with Gasteiger partial charge in [0.2, 0.25) is 0 Å². The third-order valence-electron chi connectivity index (χ3n) is 3.13. The molecule has 0 saturated heterocycles. The summed E-state index contributed by atoms with van der Waals surface area (Å²) in [7, 11) is 1.75. The first-order chi connectivity index (χ1) is 8.82. The lowest BCUT2D eigenvalue weighted by molar-refractivity contribution is -0.133. The van der Waals surface area contributed by atoms with Gasteiger partial charge in [0, 0.05) is 18.7 Å². The first-order valence-electron chi connectivity index (χ1n) is 6.50. The van der Waals surface area contributed by atoms with Crippen molar-refractivity contribution in [2.75, 3.05) is 13.7 Å². The van der Waals surface area contributed by atoms with Gasteiger partial charge in [0.25, 0.3) is 5.91 Å². The second-order valence-corrected chi connectivity index (χ2v) is 5.10. The Morgan fingerprint density at radius 1 is 1.37 bits per heavy atom. The Morgan fingerprint density at radius 2 is 2.00 bits per heavy atom. The summed E-state index contributed by atoms with van der Waals surface area (Å²) in [4.78, 5) is 13.5. The fourth-order valence-corrected chi connectivity index (χ4v) is 1.66. The van der Waals surface area contributed by atoms with Crippen molar-refractivity contribution in [2.24, 2.45) is 0 Å². The topological polar surface area (TPSA) is 49.8 Å². The molecule has 106 valence electrons. The van der Waals surface area contributed by atoms with Gasteiger partial charge in [-0.25, -0.2) is 0 Å². The molecule has 19 heavy (non-hydrogen) atoms. The summed E-state index contributed by atoms with van der Waals surface area (Å²) < 4.78 is 5.54. The largest absolute Gasteiger partial charge is 0.483 e. The summed E-state index contributed by atoms with van der Waals surface area (Å²) in [6, 6.07) is 5.71. The van der Waals surface area contributed by atoms with Crippen molar-refractivity contribution >= 4 is 5.91 Å². The maximum absolute atomic E-state index is 11.8. The molecule has 1 atom stereocenters. The van der Waals surface area contributed by atoms with Gasteiger partial charge in [-0.05, 0) is 39.8 Å². The number of hydrogen-bond acceptors (Lipinski definition) is 3. The molecule has 1 rings (SSSR count). The second kappa shape index (κ2) is 6.57. The van der Waals surface area contributed by atoms with Crippen LogP contribution in [-0.4, -0.2) is 35.6 Å². The number of ether oxygens (including phenoxy) is 1. The Kier molecular flexibility index (Phi) is 5.36. The number of carbonyl (C=O) groups is 1. The molecular weight excluding hydrogens is 242 g/mol. The number of amides is 1. The molecule has 0 fully saturated rings. The number of aliphatic hydroxyl groups is 1. The molecule has 1 aromatic rings. The Labute approximate surface area is 115 Å². The fourth-order valence-electron chi connectivity index (χ4n) is 1.66. The van der Waals surface area contributed by atoms with E-state index in [0.717, 1.165) is 5.56 Å². The molecule has 0 unspecified atom stereocenters. The van der Waals surface area contributed by atoms with Gasteiger partial charge >= 0.3 is 0 Å². The third-order valence-corrected chi connectivity index (χ3v) is 3.13. The van der Waals surface area contributed by atoms with E-state index in [0.29, 0.717) is 11.3 Å². The number of benzene rings is 1. The van der Waals surface area contributed by atoms with Gasteiger partial charge in [0.15, 0.2) is 6.61 Å². The highest BCUT2D eigenvalue weighted by Crippen LogP contribution is 2.26. The molecule has 0 aromatic heterocycles. The van der Waals surface area contributed by atoms with E-state index in [1.165, 1.54) is 0 Å². The van der Waals surface area contributed by atoms with Crippen LogP contribution >= 0.6 is 0 Å². The van der Waals surface area contributed by atoms with Crippen molar-refractivity contribution in [3.63, 3.8) is 0 Å². The van der Waals surface area contributed by atoms with E-state index in [-0.39, 0.29) is 18.6 Å². The van der Waals surface area contributed by atoms with Crippen LogP contribution in [0.2, 0.25) is 0 Å². The number of nitrogens with zero attached hydrogens (tertiary/aromatic N) is 1. The number of hydrogen-bond donors (Lipinski definition) is 1. The molecule has 0 aliphatic rings. The molecular formula is C15H23NO3. The maximum atomic E-state index is 11.8. The lowest BCUT2D eigenvalue weighted by Gasteiger charge is -2.22. The van der Waals surface area contributed by atoms with E-state index in [4.69, 9.17) is 4.74 Å². The van der Waals surface area contributed by atoms with Gasteiger partial charge < -0.3 is 14.7 Å². The van der Waals surface area contributed by atoms with Gasteiger partial charge in [-0.3, -0.25) is 4.79 Å². The summed E-state index contributed by atoms with van der Waals surface area (Å²) in [5.74, 6) is 0.484. The summed E-state index contributed by atoms with van der Waals surface area (Å²) in [5.41, 5.74) is 1.76. The zero-order valence-corrected chi connectivity index (χ0v) is 12.3. The predicted molar refractivity (Wildman–Crippen MR) is 75.2 cm³/mol. The van der Waals surface area contributed by atoms with Crippen molar-refractivity contribution in [2.45, 2.75) is 39.8 Å². The lowest BCUT2D eigenvalue weighted by Crippen LogP contribution is -2.36. The molecule has 0 spiro atoms. The van der Waals surface area contributed by atoms with Gasteiger partial charge in [0.05, 0.1) is 6.10 Å². The molecule has 0 aliphatic carbocycles. The fraction of sp³-hybridized carbons (Fsp3) is 0.533. The smallest absolute Gasteiger partial charge is 0.260 e. The van der Waals surface area contributed by atoms with E-state index in [1.807, 2.05) is 32.9 Å². The Hall–Kier alpha value is -1.55. The van der Waals surface area contributed by atoms with Crippen molar-refractivity contribution < 1.29 is 14.6 Å². The zero-order valence-electron chi connectivity index (χ0n) is 12.3. The molecule has 0 radical (unpaired) electrons. The zero-order chi connectivity index (χ0) is 14.6. The average Bonchev–Trinajstić information content (AvgIpc) is 2.35. The van der Waals surface area contributed by atoms with Crippen molar-refractivity contribution in [3.8, 4) is 5.75 Å². The number of aryl methyl sites for hydroxylation is 1. The highest BCUT2D eigenvalue weighted by molar-refractivity contribution is 5.77. The molecule has 1 N–H and O–H groups in total. The second-order valence-electron chi connectivity index (χ2n) is 5.10. The predicted octanol–water partition coefficient (Wildman–Crippen LogP) is 2.29. The highest BCUT2D eigenvalue weighted by atomic mass is 16.5. The molecule has 0 bridgehead atoms. The van der Waals surface area contributed by atoms with Gasteiger partial charge in [-0.15, -0.1) is 0 Å². The number of aliphatic hydroxyl groups excluding tert-OH is 1. The van der Waals surface area contributed by atoms with Crippen LogP contribution in [0.4, 0.5) is 0 Å². The SMILES string of the molecule is Cc1ccc(OCC(=O)N(C)C(C)C)c([C@H](C)O)c1. The summed E-state index contributed by atoms with van der Waals surface area (Å²) in [6.45, 7) is 7.52. The van der Waals surface area contributed by atoms with Crippen LogP contribution in [0.3, 0.4) is 0 Å². The summed E-state index contributed by atoms with van der Waals surface area (Å²) in [6.07, 6.45) is -0.618. The van der Waals surface area contributed by atoms with Crippen molar-refractivity contribution in [1.82, 2.24) is 4.90 Å². The molecule has 0 saturated carbocycles. The number of rotatable bonds is 5. The highest BCUT2D eigenvalue weighted by Gasteiger charge is 2.15. The minimum atomic E-state index is -0.618. The lowest BCUT2D eigenvalue weighted by atomic mass is 10.1. The maximum Gasteiger partial charge on any atom is 0.260 e. The minimum Gasteiger partial charge on any atom is -0.483 e. The Balaban J connectivity index is 2.75. The Morgan fingerprint density at radius 3 is 2.53 bits per heavy atom. The van der Waals surface area contributed by atoms with Gasteiger partial charge in [0.1, 0.15) is 5.75 Å². The van der Waals surface area contributed by atoms with Crippen LogP contribution in [0.15, 0.2) is 18.2 Å². The standard InChI is InChI=1S/C15H23NO3/c1-10(2)16(5)15(18)9-19-14-7-6-11(3)8-13(14)12(4)17/h6-8,10,12,17H,9H2,1-5H3/t12-/m0/s1. The van der Waals surface area contributed by atoms with Crippen LogP contribution in [0.5, 0.6) is 5.75 Å². The van der Waals surface area contributed by atoms with E-state index in [9.17, 15) is 9.90 Å². The first-order valence-corrected chi connectivity index (χ1v) is 6.50. The molecule has 0 heterocycles. The van der Waals surface area contributed by atoms with Crippen LogP contribution in [-0.2, 0) is 4.79 Å². The molecule has 1 amide bonds. The number of likely N-dealkylation sites (N-methyl/N-ethyl adjacent to an activating group) is 1. The van der Waals surface area contributed by atoms with E-state index < -0.39 is 6.10 Å². The van der Waals surface area contributed by atoms with Gasteiger partial charge in [-0.2, -0.15) is 0 Å². The van der Waals surface area contributed by atoms with E-state index >= 15 is 0 Å². The van der Waals surface area contributed by atoms with E-state index in [1.54, 1.807) is 24.9 Å². The summed E-state index contributed by atoms with van der Waals surface area (Å²) >= 11 is 0.